The standard InChI is InChI=1S/2C27H44O2S.2C4H9.Sn/c2*1-2-3-4-5-6-7-8-9-10-11-12-13-14-15-16-20-23-29-27(28)24-26(30)25-21-18-17-19-22-25;2*1-3-4-2;/h2*9-10,17-19,21-22,26,30H,2-8,11-16,20,23-24H2,1H3;2*1,3-4H2,2H3;/b2*10-9-;;;. The summed E-state index contributed by atoms with van der Waals surface area (Å²) in [5.41, 5.74) is 2.13. The monoisotopic (exact) mass is 1100 g/mol. The summed E-state index contributed by atoms with van der Waals surface area (Å²) in [4.78, 5) is 23.8. The maximum atomic E-state index is 11.9. The van der Waals surface area contributed by atoms with E-state index in [0.29, 0.717) is 26.1 Å². The van der Waals surface area contributed by atoms with Gasteiger partial charge in [0.15, 0.2) is 0 Å². The summed E-state index contributed by atoms with van der Waals surface area (Å²) in [5.74, 6) is -0.293. The van der Waals surface area contributed by atoms with Gasteiger partial charge in [0.2, 0.25) is 0 Å². The molecule has 0 saturated carbocycles. The van der Waals surface area contributed by atoms with E-state index in [-0.39, 0.29) is 43.6 Å². The molecule has 0 heterocycles. The van der Waals surface area contributed by atoms with Crippen LogP contribution in [0.15, 0.2) is 85.0 Å². The van der Waals surface area contributed by atoms with Gasteiger partial charge in [-0.3, -0.25) is 9.59 Å². The minimum atomic E-state index is -0.147. The molecule has 2 aromatic carbocycles. The Bertz CT molecular complexity index is 1300. The average molecular weight is 1100 g/mol. The van der Waals surface area contributed by atoms with Crippen molar-refractivity contribution < 1.29 is 19.1 Å². The Kier molecular flexibility index (Phi) is 54.3. The second-order valence-corrected chi connectivity index (χ2v) is 24.6. The van der Waals surface area contributed by atoms with Gasteiger partial charge in [0.05, 0.1) is 26.1 Å². The van der Waals surface area contributed by atoms with Crippen LogP contribution >= 0.6 is 25.3 Å². The molecule has 2 atom stereocenters. The first-order valence-corrected chi connectivity index (χ1v) is 33.7. The fourth-order valence-corrected chi connectivity index (χ4v) is 12.6. The summed E-state index contributed by atoms with van der Waals surface area (Å²) in [5, 5.41) is -0.169. The number of rotatable bonds is 44. The van der Waals surface area contributed by atoms with Crippen molar-refractivity contribution in [2.75, 3.05) is 13.2 Å². The van der Waals surface area contributed by atoms with Crippen LogP contribution in [0.4, 0.5) is 0 Å². The normalized spacial score (nSPS) is 12.0. The van der Waals surface area contributed by atoms with Crippen molar-refractivity contribution in [1.29, 1.82) is 0 Å². The van der Waals surface area contributed by atoms with Crippen molar-refractivity contribution >= 4 is 58.3 Å². The van der Waals surface area contributed by atoms with Crippen molar-refractivity contribution in [2.24, 2.45) is 0 Å². The minimum absolute atomic E-state index is 0.0847. The fraction of sp³-hybridized carbons (Fsp3) is 0.710. The summed E-state index contributed by atoms with van der Waals surface area (Å²) >= 11 is 9.17. The topological polar surface area (TPSA) is 52.6 Å². The molecule has 0 aliphatic heterocycles. The Morgan fingerprint density at radius 3 is 0.986 bits per heavy atom. The van der Waals surface area contributed by atoms with Gasteiger partial charge in [-0.15, -0.1) is 0 Å². The molecule has 0 bridgehead atoms. The molecule has 0 N–H and O–H groups in total. The van der Waals surface area contributed by atoms with Crippen LogP contribution in [0.25, 0.3) is 0 Å². The summed E-state index contributed by atoms with van der Waals surface area (Å²) in [6.07, 6.45) is 52.0. The van der Waals surface area contributed by atoms with Crippen LogP contribution in [0.1, 0.15) is 268 Å². The van der Waals surface area contributed by atoms with E-state index in [0.717, 1.165) is 36.8 Å². The maximum absolute atomic E-state index is 11.9. The number of benzene rings is 2. The van der Waals surface area contributed by atoms with Gasteiger partial charge in [-0.2, -0.15) is 25.3 Å². The third-order valence-corrected chi connectivity index (χ3v) is 17.3. The van der Waals surface area contributed by atoms with Gasteiger partial charge in [-0.05, 0) is 75.3 Å². The molecule has 2 radical (unpaired) electrons. The molecule has 0 aliphatic carbocycles. The van der Waals surface area contributed by atoms with E-state index in [2.05, 4.69) is 77.3 Å². The quantitative estimate of drug-likeness (QED) is 0.0228. The molecule has 2 unspecified atom stereocenters. The van der Waals surface area contributed by atoms with E-state index in [1.54, 1.807) is 8.87 Å². The van der Waals surface area contributed by atoms with E-state index in [1.165, 1.54) is 180 Å². The number of hydrogen-bond donors (Lipinski definition) is 2. The molecular formula is C62H106O4S2Sn. The van der Waals surface area contributed by atoms with Crippen molar-refractivity contribution in [3.8, 4) is 0 Å². The van der Waals surface area contributed by atoms with Crippen LogP contribution in [-0.4, -0.2) is 46.3 Å². The van der Waals surface area contributed by atoms with E-state index >= 15 is 0 Å². The van der Waals surface area contributed by atoms with Crippen LogP contribution in [0, 0.1) is 0 Å². The number of allylic oxidation sites excluding steroid dienone is 4. The molecule has 0 amide bonds. The molecule has 0 fully saturated rings. The molecule has 2 rings (SSSR count). The Labute approximate surface area is 449 Å². The number of carbonyl (C=O) groups is 2. The SMILES string of the molecule is CCCCCCCC/C=C\CCCCCCCCOC(=O)CC(S)c1ccccc1.CCCCCCCC/C=C\CCCCCCCCOC(=O)CC(S)c1ccccc1.CCC[CH2][Sn][CH2]CCC. The molecule has 2 aromatic rings. The Hall–Kier alpha value is -1.64. The van der Waals surface area contributed by atoms with Gasteiger partial charge < -0.3 is 9.47 Å². The second-order valence-electron chi connectivity index (χ2n) is 19.0. The Morgan fingerprint density at radius 2 is 0.681 bits per heavy atom. The van der Waals surface area contributed by atoms with Crippen molar-refractivity contribution in [1.82, 2.24) is 0 Å². The molecule has 4 nitrogen and oxygen atoms in total. The first-order chi connectivity index (χ1) is 33.9. The molecule has 0 spiro atoms. The van der Waals surface area contributed by atoms with E-state index < -0.39 is 0 Å². The summed E-state index contributed by atoms with van der Waals surface area (Å²) in [6.45, 7) is 10.2. The molecule has 0 saturated heterocycles. The van der Waals surface area contributed by atoms with Crippen LogP contribution < -0.4 is 0 Å². The summed E-state index contributed by atoms with van der Waals surface area (Å²) in [7, 11) is 0. The summed E-state index contributed by atoms with van der Waals surface area (Å²) < 4.78 is 14.0. The summed E-state index contributed by atoms with van der Waals surface area (Å²) in [6, 6.07) is 19.8. The predicted octanol–water partition coefficient (Wildman–Crippen LogP) is 20.4. The van der Waals surface area contributed by atoms with Gasteiger partial charge in [0.25, 0.3) is 0 Å². The number of hydrogen-bond acceptors (Lipinski definition) is 6. The third-order valence-electron chi connectivity index (χ3n) is 12.3. The number of carbonyl (C=O) groups excluding carboxylic acids is 2. The van der Waals surface area contributed by atoms with Crippen molar-refractivity contribution in [3.05, 3.63) is 96.1 Å². The van der Waals surface area contributed by atoms with E-state index in [1.807, 2.05) is 60.7 Å². The predicted molar refractivity (Wildman–Crippen MR) is 312 cm³/mol. The van der Waals surface area contributed by atoms with Crippen LogP contribution in [0.5, 0.6) is 0 Å². The van der Waals surface area contributed by atoms with E-state index in [4.69, 9.17) is 9.47 Å². The van der Waals surface area contributed by atoms with Crippen LogP contribution in [0.2, 0.25) is 8.87 Å². The number of esters is 2. The molecule has 69 heavy (non-hydrogen) atoms. The van der Waals surface area contributed by atoms with Gasteiger partial charge in [-0.1, -0.05) is 214 Å². The van der Waals surface area contributed by atoms with Crippen LogP contribution in [-0.2, 0) is 19.1 Å². The van der Waals surface area contributed by atoms with Crippen molar-refractivity contribution in [2.45, 2.75) is 265 Å². The third kappa shape index (κ3) is 49.7. The molecule has 0 aromatic heterocycles. The molecular weight excluding hydrogens is 992 g/mol. The zero-order chi connectivity index (χ0) is 50.4. The van der Waals surface area contributed by atoms with Crippen molar-refractivity contribution in [3.63, 3.8) is 0 Å². The van der Waals surface area contributed by atoms with E-state index in [9.17, 15) is 9.59 Å². The fourth-order valence-electron chi connectivity index (χ4n) is 7.82. The second kappa shape index (κ2) is 55.7. The zero-order valence-electron chi connectivity index (χ0n) is 45.1. The molecule has 394 valence electrons. The molecule has 7 heteroatoms. The number of ether oxygens (including phenoxy) is 2. The molecule has 0 aliphatic rings. The Morgan fingerprint density at radius 1 is 0.406 bits per heavy atom. The number of unbranched alkanes of at least 4 members (excludes halogenated alkanes) is 26. The van der Waals surface area contributed by atoms with Gasteiger partial charge in [0, 0.05) is 10.5 Å². The van der Waals surface area contributed by atoms with Gasteiger partial charge >= 0.3 is 81.5 Å². The average Bonchev–Trinajstić information content (AvgIpc) is 3.36. The first-order valence-electron chi connectivity index (χ1n) is 28.7. The van der Waals surface area contributed by atoms with Crippen LogP contribution in [0.3, 0.4) is 0 Å². The first kappa shape index (κ1) is 67.4. The number of thiol groups is 2. The Balaban J connectivity index is 0.00000114. The zero-order valence-corrected chi connectivity index (χ0v) is 49.8. The van der Waals surface area contributed by atoms with Gasteiger partial charge in [-0.25, -0.2) is 0 Å². The van der Waals surface area contributed by atoms with Gasteiger partial charge in [0.1, 0.15) is 0 Å².